The van der Waals surface area contributed by atoms with E-state index in [0.717, 1.165) is 10.9 Å². The van der Waals surface area contributed by atoms with Crippen LogP contribution in [0.5, 0.6) is 5.75 Å². The van der Waals surface area contributed by atoms with E-state index in [-0.39, 0.29) is 29.4 Å². The molecule has 0 spiro atoms. The highest BCUT2D eigenvalue weighted by Gasteiger charge is 2.41. The van der Waals surface area contributed by atoms with Crippen LogP contribution in [0.2, 0.25) is 0 Å². The molecule has 204 valence electrons. The molecule has 1 aromatic heterocycles. The van der Waals surface area contributed by atoms with E-state index < -0.39 is 18.0 Å². The summed E-state index contributed by atoms with van der Waals surface area (Å²) in [6.45, 7) is 5.58. The molecule has 2 aliphatic heterocycles. The van der Waals surface area contributed by atoms with Gasteiger partial charge in [-0.3, -0.25) is 14.7 Å². The van der Waals surface area contributed by atoms with Crippen LogP contribution in [-0.4, -0.2) is 75.4 Å². The Morgan fingerprint density at radius 3 is 2.67 bits per heavy atom. The van der Waals surface area contributed by atoms with Crippen LogP contribution in [0, 0.1) is 12.7 Å². The van der Waals surface area contributed by atoms with Crippen molar-refractivity contribution in [3.8, 4) is 5.75 Å². The molecule has 5 rings (SSSR count). The number of methoxy groups -OCH3 is 1. The third kappa shape index (κ3) is 5.02. The molecule has 3 heterocycles. The van der Waals surface area contributed by atoms with Gasteiger partial charge in [-0.2, -0.15) is 0 Å². The molecule has 2 N–H and O–H groups in total. The summed E-state index contributed by atoms with van der Waals surface area (Å²) in [5.74, 6) is -0.337. The number of nitrogens with one attached hydrogen (secondary N) is 2. The van der Waals surface area contributed by atoms with E-state index in [2.05, 4.69) is 15.6 Å². The molecular formula is C28H31FN5O5+. The highest BCUT2D eigenvalue weighted by atomic mass is 19.1. The number of fused-ring (bicyclic) bond motifs is 1. The second kappa shape index (κ2) is 10.6. The van der Waals surface area contributed by atoms with Gasteiger partial charge in [0.05, 0.1) is 49.6 Å². The number of aromatic nitrogens is 1. The number of halogens is 1. The van der Waals surface area contributed by atoms with Gasteiger partial charge in [-0.15, -0.1) is 0 Å². The predicted molar refractivity (Wildman–Crippen MR) is 144 cm³/mol. The van der Waals surface area contributed by atoms with Crippen molar-refractivity contribution in [1.82, 2.24) is 20.1 Å². The average molecular weight is 537 g/mol. The molecule has 3 aromatic rings. The maximum absolute atomic E-state index is 15.3. The fourth-order valence-corrected chi connectivity index (χ4v) is 5.25. The van der Waals surface area contributed by atoms with Crippen molar-refractivity contribution in [2.75, 3.05) is 51.3 Å². The van der Waals surface area contributed by atoms with E-state index in [1.165, 1.54) is 17.9 Å². The zero-order valence-electron chi connectivity index (χ0n) is 22.1. The molecule has 0 bridgehead atoms. The number of benzene rings is 2. The Morgan fingerprint density at radius 2 is 1.97 bits per heavy atom. The molecule has 2 aliphatic rings. The van der Waals surface area contributed by atoms with E-state index in [0.29, 0.717) is 54.6 Å². The van der Waals surface area contributed by atoms with Gasteiger partial charge in [0, 0.05) is 36.7 Å². The number of piperazine rings is 1. The average Bonchev–Trinajstić information content (AvgIpc) is 3.31. The summed E-state index contributed by atoms with van der Waals surface area (Å²) in [6, 6.07) is 11.7. The summed E-state index contributed by atoms with van der Waals surface area (Å²) in [5, 5.41) is 6.81. The number of ether oxygens (including phenoxy) is 2. The first kappa shape index (κ1) is 26.5. The summed E-state index contributed by atoms with van der Waals surface area (Å²) in [6.07, 6.45) is -1.25. The quantitative estimate of drug-likeness (QED) is 0.466. The molecule has 0 unspecified atom stereocenters. The standard InChI is InChI=1S/C28H30FN5O5/c1-17-23(12-19-4-6-21(38-3)14-25(19)32-17)27(36)31-15-22-16-33(28(37)39-22)20-5-7-26(24(29)13-20)34(18(2)35)10-8-30-9-11-34/h4-7,12-14,22,30H,8-11,15-16H2,1-3H3/p+1/t22-/m0/s1. The number of carbonyl (C=O) groups is 3. The molecule has 10 nitrogen and oxygen atoms in total. The van der Waals surface area contributed by atoms with Crippen LogP contribution in [-0.2, 0) is 9.53 Å². The van der Waals surface area contributed by atoms with Crippen LogP contribution in [0.1, 0.15) is 23.0 Å². The third-order valence-electron chi connectivity index (χ3n) is 7.47. The van der Waals surface area contributed by atoms with E-state index >= 15 is 4.39 Å². The Balaban J connectivity index is 1.26. The number of carbonyl (C=O) groups excluding carboxylic acids is 3. The molecule has 0 saturated carbocycles. The van der Waals surface area contributed by atoms with Crippen LogP contribution in [0.4, 0.5) is 20.6 Å². The molecule has 39 heavy (non-hydrogen) atoms. The fraction of sp³-hybridized carbons (Fsp3) is 0.357. The van der Waals surface area contributed by atoms with Gasteiger partial charge in [-0.25, -0.2) is 18.5 Å². The molecule has 3 amide bonds. The third-order valence-corrected chi connectivity index (χ3v) is 7.47. The van der Waals surface area contributed by atoms with E-state index in [9.17, 15) is 14.4 Å². The fourth-order valence-electron chi connectivity index (χ4n) is 5.25. The first-order valence-electron chi connectivity index (χ1n) is 12.8. The summed E-state index contributed by atoms with van der Waals surface area (Å²) < 4.78 is 25.9. The van der Waals surface area contributed by atoms with Gasteiger partial charge in [0.2, 0.25) is 0 Å². The maximum Gasteiger partial charge on any atom is 0.414 e. The number of rotatable bonds is 6. The van der Waals surface area contributed by atoms with Crippen LogP contribution in [0.15, 0.2) is 42.5 Å². The van der Waals surface area contributed by atoms with Gasteiger partial charge < -0.3 is 20.1 Å². The highest BCUT2D eigenvalue weighted by Crippen LogP contribution is 2.32. The Morgan fingerprint density at radius 1 is 1.21 bits per heavy atom. The molecule has 0 aliphatic carbocycles. The normalized spacial score (nSPS) is 18.6. The van der Waals surface area contributed by atoms with Gasteiger partial charge in [0.15, 0.2) is 11.5 Å². The lowest BCUT2D eigenvalue weighted by Crippen LogP contribution is -2.62. The first-order valence-corrected chi connectivity index (χ1v) is 12.8. The number of amides is 3. The molecular weight excluding hydrogens is 505 g/mol. The van der Waals surface area contributed by atoms with Crippen molar-refractivity contribution < 1.29 is 28.2 Å². The van der Waals surface area contributed by atoms with Crippen LogP contribution in [0.25, 0.3) is 10.9 Å². The molecule has 0 radical (unpaired) electrons. The van der Waals surface area contributed by atoms with Crippen molar-refractivity contribution in [3.05, 3.63) is 59.5 Å². The minimum atomic E-state index is -0.628. The zero-order valence-corrected chi connectivity index (χ0v) is 22.1. The van der Waals surface area contributed by atoms with Crippen molar-refractivity contribution >= 4 is 40.2 Å². The molecule has 2 aromatic carbocycles. The van der Waals surface area contributed by atoms with Gasteiger partial charge in [-0.1, -0.05) is 0 Å². The topological polar surface area (TPSA) is 110 Å². The molecule has 2 fully saturated rings. The van der Waals surface area contributed by atoms with Gasteiger partial charge >= 0.3 is 12.0 Å². The number of aryl methyl sites for hydroxylation is 1. The number of cyclic esters (lactones) is 1. The van der Waals surface area contributed by atoms with Crippen molar-refractivity contribution in [2.24, 2.45) is 0 Å². The lowest BCUT2D eigenvalue weighted by Gasteiger charge is -2.38. The maximum atomic E-state index is 15.3. The minimum Gasteiger partial charge on any atom is -0.497 e. The Hall–Kier alpha value is -4.09. The van der Waals surface area contributed by atoms with Gasteiger partial charge in [0.25, 0.3) is 5.91 Å². The van der Waals surface area contributed by atoms with E-state index in [1.807, 2.05) is 6.07 Å². The summed E-state index contributed by atoms with van der Waals surface area (Å²) in [7, 11) is 1.58. The van der Waals surface area contributed by atoms with Crippen LogP contribution < -0.4 is 24.8 Å². The zero-order chi connectivity index (χ0) is 27.7. The highest BCUT2D eigenvalue weighted by molar-refractivity contribution is 5.99. The van der Waals surface area contributed by atoms with Crippen LogP contribution >= 0.6 is 0 Å². The smallest absolute Gasteiger partial charge is 0.414 e. The van der Waals surface area contributed by atoms with Crippen molar-refractivity contribution in [3.63, 3.8) is 0 Å². The Bertz CT molecular complexity index is 1460. The van der Waals surface area contributed by atoms with Crippen molar-refractivity contribution in [2.45, 2.75) is 20.0 Å². The molecule has 11 heteroatoms. The number of quaternary nitrogens is 1. The largest absolute Gasteiger partial charge is 0.497 e. The Kier molecular flexibility index (Phi) is 7.19. The summed E-state index contributed by atoms with van der Waals surface area (Å²) in [4.78, 5) is 43.9. The number of pyridine rings is 1. The number of nitrogens with zero attached hydrogens (tertiary/aromatic N) is 3. The number of hydrogen-bond donors (Lipinski definition) is 2. The number of hydrogen-bond acceptors (Lipinski definition) is 7. The second-order valence-electron chi connectivity index (χ2n) is 9.83. The predicted octanol–water partition coefficient (Wildman–Crippen LogP) is 2.90. The Labute approximate surface area is 225 Å². The molecule has 1 atom stereocenters. The van der Waals surface area contributed by atoms with Gasteiger partial charge in [0.1, 0.15) is 24.9 Å². The van der Waals surface area contributed by atoms with E-state index in [1.54, 1.807) is 44.4 Å². The van der Waals surface area contributed by atoms with Gasteiger partial charge in [-0.05, 0) is 31.2 Å². The lowest BCUT2D eigenvalue weighted by molar-refractivity contribution is -0.128. The van der Waals surface area contributed by atoms with Crippen LogP contribution in [0.3, 0.4) is 0 Å². The minimum absolute atomic E-state index is 0.0746. The first-order chi connectivity index (χ1) is 18.7. The summed E-state index contributed by atoms with van der Waals surface area (Å²) >= 11 is 0. The van der Waals surface area contributed by atoms with E-state index in [4.69, 9.17) is 9.47 Å². The van der Waals surface area contributed by atoms with Crippen molar-refractivity contribution in [1.29, 1.82) is 0 Å². The number of anilines is 1. The molecule has 2 saturated heterocycles. The monoisotopic (exact) mass is 536 g/mol. The lowest BCUT2D eigenvalue weighted by atomic mass is 10.1. The summed E-state index contributed by atoms with van der Waals surface area (Å²) in [5.41, 5.74) is 2.32. The SMILES string of the molecule is COc1ccc2cc(C(=O)NC[C@H]3CN(c4ccc([N+]5(C(C)=O)CCNCC5)c(F)c4)C(=O)O3)c(C)nc2c1. The second-order valence-corrected chi connectivity index (χ2v) is 9.83.